The summed E-state index contributed by atoms with van der Waals surface area (Å²) in [4.78, 5) is 14.9. The van der Waals surface area contributed by atoms with Gasteiger partial charge in [0.1, 0.15) is 6.33 Å². The van der Waals surface area contributed by atoms with Gasteiger partial charge in [0.05, 0.1) is 12.4 Å². The Bertz CT molecular complexity index is 812. The number of aryl methyl sites for hydroxylation is 2. The second-order valence-electron chi connectivity index (χ2n) is 7.55. The summed E-state index contributed by atoms with van der Waals surface area (Å²) in [6.45, 7) is 6.63. The molecule has 2 aliphatic rings. The van der Waals surface area contributed by atoms with Crippen LogP contribution in [-0.4, -0.2) is 57.1 Å². The van der Waals surface area contributed by atoms with Crippen LogP contribution < -0.4 is 0 Å². The zero-order valence-corrected chi connectivity index (χ0v) is 16.7. The molecule has 6 nitrogen and oxygen atoms in total. The van der Waals surface area contributed by atoms with Gasteiger partial charge in [-0.1, -0.05) is 17.8 Å². The molecule has 27 heavy (non-hydrogen) atoms. The second-order valence-corrected chi connectivity index (χ2v) is 8.49. The van der Waals surface area contributed by atoms with E-state index in [9.17, 15) is 4.79 Å². The van der Waals surface area contributed by atoms with Gasteiger partial charge in [-0.05, 0) is 56.4 Å². The molecule has 1 aromatic heterocycles. The van der Waals surface area contributed by atoms with Gasteiger partial charge >= 0.3 is 0 Å². The molecule has 1 unspecified atom stereocenters. The monoisotopic (exact) mass is 386 g/mol. The van der Waals surface area contributed by atoms with E-state index in [1.165, 1.54) is 22.9 Å². The fourth-order valence-electron chi connectivity index (χ4n) is 3.43. The number of thioether (sulfide) groups is 1. The van der Waals surface area contributed by atoms with E-state index < -0.39 is 0 Å². The SMILES string of the molecule is Cc1ccc(-n2cnnc2SCC(=O)N(CC2CCOC2)C2CC2)cc1C. The van der Waals surface area contributed by atoms with Crippen molar-refractivity contribution in [3.05, 3.63) is 35.7 Å². The van der Waals surface area contributed by atoms with Crippen molar-refractivity contribution in [2.24, 2.45) is 5.92 Å². The molecule has 0 spiro atoms. The molecule has 2 heterocycles. The van der Waals surface area contributed by atoms with Crippen molar-refractivity contribution in [2.45, 2.75) is 44.3 Å². The highest BCUT2D eigenvalue weighted by molar-refractivity contribution is 7.99. The molecule has 144 valence electrons. The number of carbonyl (C=O) groups is 1. The second kappa shape index (κ2) is 8.02. The lowest BCUT2D eigenvalue weighted by Gasteiger charge is -2.25. The molecule has 1 aliphatic carbocycles. The van der Waals surface area contributed by atoms with E-state index in [0.717, 1.165) is 49.9 Å². The lowest BCUT2D eigenvalue weighted by atomic mass is 10.1. The van der Waals surface area contributed by atoms with Crippen molar-refractivity contribution in [2.75, 3.05) is 25.5 Å². The third-order valence-electron chi connectivity index (χ3n) is 5.40. The third kappa shape index (κ3) is 4.35. The Labute approximate surface area is 164 Å². The minimum absolute atomic E-state index is 0.198. The van der Waals surface area contributed by atoms with E-state index >= 15 is 0 Å². The van der Waals surface area contributed by atoms with Crippen LogP contribution in [0, 0.1) is 19.8 Å². The molecular weight excluding hydrogens is 360 g/mol. The number of ether oxygens (including phenoxy) is 1. The lowest BCUT2D eigenvalue weighted by Crippen LogP contribution is -2.38. The first-order valence-corrected chi connectivity index (χ1v) is 10.6. The van der Waals surface area contributed by atoms with Gasteiger partial charge in [-0.2, -0.15) is 0 Å². The van der Waals surface area contributed by atoms with Gasteiger partial charge in [-0.25, -0.2) is 0 Å². The third-order valence-corrected chi connectivity index (χ3v) is 6.32. The molecule has 1 atom stereocenters. The van der Waals surface area contributed by atoms with Crippen LogP contribution in [0.15, 0.2) is 29.7 Å². The fraction of sp³-hybridized carbons (Fsp3) is 0.550. The molecule has 2 aromatic rings. The number of amides is 1. The van der Waals surface area contributed by atoms with E-state index in [2.05, 4.69) is 47.1 Å². The summed E-state index contributed by atoms with van der Waals surface area (Å²) < 4.78 is 7.43. The van der Waals surface area contributed by atoms with E-state index in [1.807, 2.05) is 4.57 Å². The van der Waals surface area contributed by atoms with Crippen molar-refractivity contribution >= 4 is 17.7 Å². The van der Waals surface area contributed by atoms with Crippen molar-refractivity contribution in [1.82, 2.24) is 19.7 Å². The minimum atomic E-state index is 0.198. The first-order valence-electron chi connectivity index (χ1n) is 9.59. The van der Waals surface area contributed by atoms with E-state index in [1.54, 1.807) is 6.33 Å². The molecule has 0 N–H and O–H groups in total. The largest absolute Gasteiger partial charge is 0.381 e. The number of aromatic nitrogens is 3. The van der Waals surface area contributed by atoms with Crippen LogP contribution >= 0.6 is 11.8 Å². The van der Waals surface area contributed by atoms with Crippen LogP contribution in [0.1, 0.15) is 30.4 Å². The molecule has 4 rings (SSSR count). The molecule has 7 heteroatoms. The Morgan fingerprint density at radius 3 is 2.85 bits per heavy atom. The maximum Gasteiger partial charge on any atom is 0.233 e. The van der Waals surface area contributed by atoms with Crippen LogP contribution in [0.25, 0.3) is 5.69 Å². The molecule has 2 fully saturated rings. The zero-order valence-electron chi connectivity index (χ0n) is 15.9. The summed E-state index contributed by atoms with van der Waals surface area (Å²) in [5, 5.41) is 9.04. The molecule has 1 saturated heterocycles. The molecule has 1 aliphatic heterocycles. The predicted molar refractivity (Wildman–Crippen MR) is 105 cm³/mol. The summed E-state index contributed by atoms with van der Waals surface area (Å²) in [6.07, 6.45) is 5.03. The molecular formula is C20H26N4O2S. The van der Waals surface area contributed by atoms with Crippen LogP contribution in [0.5, 0.6) is 0 Å². The molecule has 1 aromatic carbocycles. The van der Waals surface area contributed by atoms with Gasteiger partial charge in [0, 0.05) is 30.8 Å². The number of hydrogen-bond donors (Lipinski definition) is 0. The molecule has 1 saturated carbocycles. The highest BCUT2D eigenvalue weighted by atomic mass is 32.2. The number of rotatable bonds is 7. The Hall–Kier alpha value is -1.86. The van der Waals surface area contributed by atoms with Crippen LogP contribution in [0.2, 0.25) is 0 Å². The fourth-order valence-corrected chi connectivity index (χ4v) is 4.25. The Kier molecular flexibility index (Phi) is 5.50. The van der Waals surface area contributed by atoms with Gasteiger partial charge in [0.2, 0.25) is 5.91 Å². The minimum Gasteiger partial charge on any atom is -0.381 e. The maximum atomic E-state index is 12.9. The van der Waals surface area contributed by atoms with Crippen molar-refractivity contribution in [3.63, 3.8) is 0 Å². The predicted octanol–water partition coefficient (Wildman–Crippen LogP) is 3.00. The highest BCUT2D eigenvalue weighted by Crippen LogP contribution is 2.30. The Balaban J connectivity index is 1.41. The smallest absolute Gasteiger partial charge is 0.233 e. The average molecular weight is 387 g/mol. The normalized spacial score (nSPS) is 19.4. The van der Waals surface area contributed by atoms with Gasteiger partial charge in [0.25, 0.3) is 0 Å². The molecule has 1 amide bonds. The van der Waals surface area contributed by atoms with Crippen LogP contribution in [0.4, 0.5) is 0 Å². The van der Waals surface area contributed by atoms with E-state index in [4.69, 9.17) is 4.74 Å². The molecule has 0 radical (unpaired) electrons. The highest BCUT2D eigenvalue weighted by Gasteiger charge is 2.34. The summed E-state index contributed by atoms with van der Waals surface area (Å²) in [5.41, 5.74) is 3.51. The number of hydrogen-bond acceptors (Lipinski definition) is 5. The molecule has 0 bridgehead atoms. The standard InChI is InChI=1S/C20H26N4O2S/c1-14-3-4-18(9-15(14)2)24-13-21-22-20(24)27-12-19(25)23(17-5-6-17)10-16-7-8-26-11-16/h3-4,9,13,16-17H,5-8,10-12H2,1-2H3. The average Bonchev–Trinajstić information content (AvgIpc) is 3.17. The lowest BCUT2D eigenvalue weighted by molar-refractivity contribution is -0.129. The van der Waals surface area contributed by atoms with Crippen LogP contribution in [-0.2, 0) is 9.53 Å². The van der Waals surface area contributed by atoms with Gasteiger partial charge in [0.15, 0.2) is 5.16 Å². The maximum absolute atomic E-state index is 12.9. The van der Waals surface area contributed by atoms with Gasteiger partial charge in [-0.3, -0.25) is 9.36 Å². The number of benzene rings is 1. The first kappa shape index (κ1) is 18.5. The van der Waals surface area contributed by atoms with E-state index in [-0.39, 0.29) is 5.91 Å². The Morgan fingerprint density at radius 1 is 1.30 bits per heavy atom. The quantitative estimate of drug-likeness (QED) is 0.685. The summed E-state index contributed by atoms with van der Waals surface area (Å²) in [5.74, 6) is 1.08. The van der Waals surface area contributed by atoms with Gasteiger partial charge < -0.3 is 9.64 Å². The zero-order chi connectivity index (χ0) is 18.8. The summed E-state index contributed by atoms with van der Waals surface area (Å²) in [6, 6.07) is 6.72. The van der Waals surface area contributed by atoms with Crippen molar-refractivity contribution in [1.29, 1.82) is 0 Å². The number of nitrogens with zero attached hydrogens (tertiary/aromatic N) is 4. The van der Waals surface area contributed by atoms with Crippen molar-refractivity contribution in [3.8, 4) is 5.69 Å². The summed E-state index contributed by atoms with van der Waals surface area (Å²) in [7, 11) is 0. The first-order chi connectivity index (χ1) is 13.1. The summed E-state index contributed by atoms with van der Waals surface area (Å²) >= 11 is 1.47. The van der Waals surface area contributed by atoms with Gasteiger partial charge in [-0.15, -0.1) is 10.2 Å². The van der Waals surface area contributed by atoms with Crippen molar-refractivity contribution < 1.29 is 9.53 Å². The number of carbonyl (C=O) groups excluding carboxylic acids is 1. The topological polar surface area (TPSA) is 60.2 Å². The van der Waals surface area contributed by atoms with E-state index in [0.29, 0.717) is 17.7 Å². The van der Waals surface area contributed by atoms with Crippen LogP contribution in [0.3, 0.4) is 0 Å². The Morgan fingerprint density at radius 2 is 2.15 bits per heavy atom.